The molecule has 3 nitrogen and oxygen atoms in total. The average molecular weight is 369 g/mol. The van der Waals surface area contributed by atoms with Crippen LogP contribution in [0.25, 0.3) is 16.6 Å². The molecule has 0 atom stereocenters. The smallest absolute Gasteiger partial charge is 0.341 e. The lowest BCUT2D eigenvalue weighted by molar-refractivity contribution is 0.0381. The predicted molar refractivity (Wildman–Crippen MR) is 113 cm³/mol. The predicted octanol–water partition coefficient (Wildman–Crippen LogP) is 5.76. The van der Waals surface area contributed by atoms with Crippen LogP contribution in [0.15, 0.2) is 85.1 Å². The van der Waals surface area contributed by atoms with Crippen LogP contribution in [0.5, 0.6) is 0 Å². The fraction of sp³-hybridized carbons (Fsp3) is 0.160. The highest BCUT2D eigenvalue weighted by Crippen LogP contribution is 2.35. The Balaban J connectivity index is 2.00. The Hall–Kier alpha value is -3.33. The van der Waals surface area contributed by atoms with Gasteiger partial charge in [0.25, 0.3) is 0 Å². The zero-order valence-corrected chi connectivity index (χ0v) is 16.1. The molecule has 0 amide bonds. The van der Waals surface area contributed by atoms with Crippen molar-refractivity contribution >= 4 is 11.5 Å². The average Bonchev–Trinajstić information content (AvgIpc) is 3.03. The van der Waals surface area contributed by atoms with Gasteiger partial charge >= 0.3 is 5.97 Å². The van der Waals surface area contributed by atoms with Crippen molar-refractivity contribution < 1.29 is 9.53 Å². The molecule has 140 valence electrons. The summed E-state index contributed by atoms with van der Waals surface area (Å²) in [5, 5.41) is 0. The summed E-state index contributed by atoms with van der Waals surface area (Å²) in [5.74, 6) is -0.281. The summed E-state index contributed by atoms with van der Waals surface area (Å²) in [7, 11) is 0. The maximum atomic E-state index is 13.1. The van der Waals surface area contributed by atoms with E-state index in [0.717, 1.165) is 28.8 Å². The Morgan fingerprint density at radius 2 is 1.54 bits per heavy atom. The Morgan fingerprint density at radius 1 is 0.893 bits per heavy atom. The summed E-state index contributed by atoms with van der Waals surface area (Å²) >= 11 is 0. The highest BCUT2D eigenvalue weighted by Gasteiger charge is 2.25. The van der Waals surface area contributed by atoms with E-state index < -0.39 is 0 Å². The van der Waals surface area contributed by atoms with Crippen LogP contribution in [0.2, 0.25) is 0 Å². The van der Waals surface area contributed by atoms with E-state index in [4.69, 9.17) is 4.74 Å². The van der Waals surface area contributed by atoms with E-state index in [1.54, 1.807) is 0 Å². The second kappa shape index (κ2) is 7.73. The molecule has 28 heavy (non-hydrogen) atoms. The van der Waals surface area contributed by atoms with Crippen molar-refractivity contribution in [1.29, 1.82) is 0 Å². The summed E-state index contributed by atoms with van der Waals surface area (Å²) in [6.07, 6.45) is 2.57. The molecule has 2 aromatic carbocycles. The van der Waals surface area contributed by atoms with Crippen LogP contribution in [0.4, 0.5) is 0 Å². The lowest BCUT2D eigenvalue weighted by Gasteiger charge is -2.11. The Labute approximate surface area is 165 Å². The van der Waals surface area contributed by atoms with E-state index in [9.17, 15) is 4.79 Å². The quantitative estimate of drug-likeness (QED) is 0.419. The third kappa shape index (κ3) is 3.44. The number of pyridine rings is 1. The zero-order valence-electron chi connectivity index (χ0n) is 16.1. The van der Waals surface area contributed by atoms with Crippen molar-refractivity contribution in [2.24, 2.45) is 0 Å². The van der Waals surface area contributed by atoms with Gasteiger partial charge in [-0.1, -0.05) is 66.7 Å². The van der Waals surface area contributed by atoms with Crippen LogP contribution in [0, 0.1) is 0 Å². The number of hydrogen-bond acceptors (Lipinski definition) is 2. The van der Waals surface area contributed by atoms with Crippen LogP contribution in [0.1, 0.15) is 35.5 Å². The Morgan fingerprint density at radius 3 is 2.21 bits per heavy atom. The topological polar surface area (TPSA) is 30.7 Å². The molecule has 0 bridgehead atoms. The second-order valence-electron chi connectivity index (χ2n) is 7.14. The van der Waals surface area contributed by atoms with Crippen LogP contribution >= 0.6 is 0 Å². The molecule has 2 heterocycles. The third-order valence-electron chi connectivity index (χ3n) is 4.77. The Kier molecular flexibility index (Phi) is 4.98. The molecule has 0 saturated heterocycles. The van der Waals surface area contributed by atoms with Gasteiger partial charge in [-0.05, 0) is 37.1 Å². The van der Waals surface area contributed by atoms with E-state index in [1.807, 2.05) is 74.6 Å². The lowest BCUT2D eigenvalue weighted by atomic mass is 9.97. The minimum absolute atomic E-state index is 0.174. The minimum Gasteiger partial charge on any atom is -0.459 e. The van der Waals surface area contributed by atoms with Crippen molar-refractivity contribution in [3.05, 3.63) is 102 Å². The first-order chi connectivity index (χ1) is 13.6. The summed E-state index contributed by atoms with van der Waals surface area (Å²) in [4.78, 5) is 13.1. The molecule has 0 unspecified atom stereocenters. The molecule has 0 spiro atoms. The van der Waals surface area contributed by atoms with Gasteiger partial charge in [0, 0.05) is 23.9 Å². The standard InChI is InChI=1S/C25H23NO2/c1-18(2)28-25(27)24-21-15-9-10-16-26(21)22(17-19-11-5-3-6-12-19)23(24)20-13-7-4-8-14-20/h3-16,18H,17H2,1-2H3. The van der Waals surface area contributed by atoms with Gasteiger partial charge in [-0.25, -0.2) is 4.79 Å². The molecule has 0 aliphatic heterocycles. The van der Waals surface area contributed by atoms with Crippen molar-refractivity contribution in [3.63, 3.8) is 0 Å². The number of fused-ring (bicyclic) bond motifs is 1. The lowest BCUT2D eigenvalue weighted by Crippen LogP contribution is -2.12. The van der Waals surface area contributed by atoms with Crippen molar-refractivity contribution in [2.45, 2.75) is 26.4 Å². The molecule has 3 heteroatoms. The van der Waals surface area contributed by atoms with Gasteiger partial charge in [0.2, 0.25) is 0 Å². The van der Waals surface area contributed by atoms with Crippen LogP contribution in [-0.4, -0.2) is 16.5 Å². The normalized spacial score (nSPS) is 11.1. The van der Waals surface area contributed by atoms with E-state index in [-0.39, 0.29) is 12.1 Å². The molecule has 0 aliphatic carbocycles. The van der Waals surface area contributed by atoms with Gasteiger partial charge in [0.1, 0.15) is 0 Å². The van der Waals surface area contributed by atoms with Crippen molar-refractivity contribution in [2.75, 3.05) is 0 Å². The van der Waals surface area contributed by atoms with E-state index in [0.29, 0.717) is 5.56 Å². The second-order valence-corrected chi connectivity index (χ2v) is 7.14. The maximum Gasteiger partial charge on any atom is 0.341 e. The zero-order chi connectivity index (χ0) is 19.5. The number of carbonyl (C=O) groups excluding carboxylic acids is 1. The summed E-state index contributed by atoms with van der Waals surface area (Å²) in [6.45, 7) is 3.76. The highest BCUT2D eigenvalue weighted by atomic mass is 16.5. The fourth-order valence-electron chi connectivity index (χ4n) is 3.63. The highest BCUT2D eigenvalue weighted by molar-refractivity contribution is 6.06. The van der Waals surface area contributed by atoms with Gasteiger partial charge < -0.3 is 9.14 Å². The monoisotopic (exact) mass is 369 g/mol. The first kappa shape index (κ1) is 18.1. The van der Waals surface area contributed by atoms with Gasteiger partial charge in [-0.3, -0.25) is 0 Å². The third-order valence-corrected chi connectivity index (χ3v) is 4.77. The van der Waals surface area contributed by atoms with E-state index in [1.165, 1.54) is 5.56 Å². The number of hydrogen-bond donors (Lipinski definition) is 0. The van der Waals surface area contributed by atoms with Gasteiger partial charge in [0.15, 0.2) is 0 Å². The number of rotatable bonds is 5. The Bertz CT molecular complexity index is 1100. The molecular weight excluding hydrogens is 346 g/mol. The van der Waals surface area contributed by atoms with Gasteiger partial charge in [-0.2, -0.15) is 0 Å². The molecule has 4 rings (SSSR count). The number of esters is 1. The SMILES string of the molecule is CC(C)OC(=O)c1c(-c2ccccc2)c(Cc2ccccc2)n2ccccc12. The first-order valence-electron chi connectivity index (χ1n) is 9.57. The first-order valence-corrected chi connectivity index (χ1v) is 9.57. The summed E-state index contributed by atoms with van der Waals surface area (Å²) < 4.78 is 7.74. The van der Waals surface area contributed by atoms with E-state index >= 15 is 0 Å². The number of benzene rings is 2. The molecular formula is C25H23NO2. The number of carbonyl (C=O) groups is 1. The number of ether oxygens (including phenoxy) is 1. The van der Waals surface area contributed by atoms with Crippen LogP contribution in [-0.2, 0) is 11.2 Å². The van der Waals surface area contributed by atoms with Crippen LogP contribution in [0.3, 0.4) is 0 Å². The van der Waals surface area contributed by atoms with E-state index in [2.05, 4.69) is 28.7 Å². The largest absolute Gasteiger partial charge is 0.459 e. The number of nitrogens with zero attached hydrogens (tertiary/aromatic N) is 1. The summed E-state index contributed by atoms with van der Waals surface area (Å²) in [6, 6.07) is 26.4. The minimum atomic E-state index is -0.281. The number of aromatic nitrogens is 1. The molecule has 2 aromatic heterocycles. The fourth-order valence-corrected chi connectivity index (χ4v) is 3.63. The maximum absolute atomic E-state index is 13.1. The molecule has 4 aromatic rings. The van der Waals surface area contributed by atoms with Crippen LogP contribution < -0.4 is 0 Å². The van der Waals surface area contributed by atoms with Gasteiger partial charge in [0.05, 0.1) is 17.2 Å². The molecule has 0 fully saturated rings. The molecule has 0 radical (unpaired) electrons. The molecule has 0 N–H and O–H groups in total. The van der Waals surface area contributed by atoms with Gasteiger partial charge in [-0.15, -0.1) is 0 Å². The summed E-state index contributed by atoms with van der Waals surface area (Å²) in [5.41, 5.74) is 5.76. The molecule has 0 saturated carbocycles. The van der Waals surface area contributed by atoms with Crippen molar-refractivity contribution in [3.8, 4) is 11.1 Å². The molecule has 0 aliphatic rings. The van der Waals surface area contributed by atoms with Crippen molar-refractivity contribution in [1.82, 2.24) is 4.40 Å².